The molecule has 0 bridgehead atoms. The number of carbonyl (C=O) groups is 1. The minimum absolute atomic E-state index is 0.179. The smallest absolute Gasteiger partial charge is 0.235 e. The number of ether oxygens (including phenoxy) is 1. The number of fused-ring (bicyclic) bond motifs is 3. The summed E-state index contributed by atoms with van der Waals surface area (Å²) >= 11 is 0. The molecule has 1 aromatic heterocycles. The van der Waals surface area contributed by atoms with Crippen LogP contribution < -0.4 is 20.9 Å². The number of benzene rings is 1. The van der Waals surface area contributed by atoms with Gasteiger partial charge in [-0.3, -0.25) is 20.6 Å². The molecular formula is C25H28N4O2. The third-order valence-electron chi connectivity index (χ3n) is 7.99. The van der Waals surface area contributed by atoms with E-state index < -0.39 is 0 Å². The maximum atomic E-state index is 13.0. The predicted octanol–water partition coefficient (Wildman–Crippen LogP) is 3.27. The van der Waals surface area contributed by atoms with Crippen LogP contribution in [0.4, 0.5) is 5.69 Å². The molecule has 6 rings (SSSR count). The molecule has 3 N–H and O–H groups in total. The Bertz CT molecular complexity index is 1040. The number of pyridine rings is 1. The number of anilines is 1. The number of nitrogens with zero attached hydrogens (tertiary/aromatic N) is 1. The quantitative estimate of drug-likeness (QED) is 0.713. The van der Waals surface area contributed by atoms with Crippen molar-refractivity contribution < 1.29 is 9.53 Å². The Labute approximate surface area is 182 Å². The van der Waals surface area contributed by atoms with Crippen LogP contribution >= 0.6 is 0 Å². The molecule has 4 aliphatic rings. The van der Waals surface area contributed by atoms with Gasteiger partial charge in [-0.2, -0.15) is 0 Å². The maximum Gasteiger partial charge on any atom is 0.235 e. The molecule has 2 saturated carbocycles. The summed E-state index contributed by atoms with van der Waals surface area (Å²) in [5.74, 6) is 2.60. The summed E-state index contributed by atoms with van der Waals surface area (Å²) in [7, 11) is 1.68. The lowest BCUT2D eigenvalue weighted by molar-refractivity contribution is -0.118. The molecule has 1 aromatic carbocycles. The largest absolute Gasteiger partial charge is 0.497 e. The monoisotopic (exact) mass is 416 g/mol. The lowest BCUT2D eigenvalue weighted by Crippen LogP contribution is -2.37. The molecule has 6 heteroatoms. The average molecular weight is 417 g/mol. The van der Waals surface area contributed by atoms with Crippen LogP contribution in [0, 0.1) is 17.8 Å². The van der Waals surface area contributed by atoms with E-state index in [-0.39, 0.29) is 11.3 Å². The zero-order valence-electron chi connectivity index (χ0n) is 17.7. The molecule has 1 spiro atoms. The summed E-state index contributed by atoms with van der Waals surface area (Å²) in [6, 6.07) is 10.8. The second-order valence-corrected chi connectivity index (χ2v) is 9.45. The van der Waals surface area contributed by atoms with Gasteiger partial charge >= 0.3 is 0 Å². The number of hydrogen-bond acceptors (Lipinski definition) is 5. The Morgan fingerprint density at radius 3 is 2.87 bits per heavy atom. The third-order valence-corrected chi connectivity index (χ3v) is 7.99. The van der Waals surface area contributed by atoms with Crippen molar-refractivity contribution in [1.82, 2.24) is 15.8 Å². The Morgan fingerprint density at radius 1 is 1.16 bits per heavy atom. The molecule has 31 heavy (non-hydrogen) atoms. The summed E-state index contributed by atoms with van der Waals surface area (Å²) in [5, 5.41) is 3.12. The number of methoxy groups -OCH3 is 1. The second kappa shape index (κ2) is 7.18. The molecule has 0 radical (unpaired) electrons. The van der Waals surface area contributed by atoms with E-state index in [1.807, 2.05) is 36.7 Å². The number of aromatic nitrogens is 1. The van der Waals surface area contributed by atoms with E-state index >= 15 is 0 Å². The normalized spacial score (nSPS) is 35.8. The van der Waals surface area contributed by atoms with Gasteiger partial charge in [-0.1, -0.05) is 12.2 Å². The summed E-state index contributed by atoms with van der Waals surface area (Å²) in [5.41, 5.74) is 9.99. The third kappa shape index (κ3) is 3.00. The van der Waals surface area contributed by atoms with Gasteiger partial charge in [0, 0.05) is 30.2 Å². The lowest BCUT2D eigenvalue weighted by atomic mass is 9.73. The van der Waals surface area contributed by atoms with Crippen molar-refractivity contribution in [3.05, 3.63) is 59.9 Å². The highest BCUT2D eigenvalue weighted by Gasteiger charge is 2.67. The molecule has 3 heterocycles. The molecule has 6 nitrogen and oxygen atoms in total. The van der Waals surface area contributed by atoms with Crippen LogP contribution in [0.2, 0.25) is 0 Å². The molecule has 6 atom stereocenters. The minimum Gasteiger partial charge on any atom is -0.497 e. The van der Waals surface area contributed by atoms with E-state index in [4.69, 9.17) is 4.74 Å². The molecule has 1 saturated heterocycles. The highest BCUT2D eigenvalue weighted by molar-refractivity contribution is 6.09. The van der Waals surface area contributed by atoms with Crippen molar-refractivity contribution in [3.8, 4) is 5.75 Å². The highest BCUT2D eigenvalue weighted by Crippen LogP contribution is 2.65. The Balaban J connectivity index is 1.16. The summed E-state index contributed by atoms with van der Waals surface area (Å²) in [6.45, 7) is 0. The van der Waals surface area contributed by atoms with Crippen molar-refractivity contribution in [2.75, 3.05) is 12.4 Å². The molecule has 1 amide bonds. The molecule has 160 valence electrons. The lowest BCUT2D eigenvalue weighted by Gasteiger charge is -2.33. The fourth-order valence-corrected chi connectivity index (χ4v) is 6.29. The summed E-state index contributed by atoms with van der Waals surface area (Å²) in [6.07, 6.45) is 12.6. The van der Waals surface area contributed by atoms with E-state index in [0.29, 0.717) is 29.8 Å². The van der Waals surface area contributed by atoms with E-state index in [1.54, 1.807) is 7.11 Å². The first-order valence-electron chi connectivity index (χ1n) is 11.3. The zero-order chi connectivity index (χ0) is 21.0. The van der Waals surface area contributed by atoms with Crippen LogP contribution in [0.15, 0.2) is 48.8 Å². The number of amides is 1. The van der Waals surface area contributed by atoms with E-state index in [0.717, 1.165) is 29.8 Å². The van der Waals surface area contributed by atoms with Crippen LogP contribution in [0.3, 0.4) is 0 Å². The first-order valence-corrected chi connectivity index (χ1v) is 11.3. The van der Waals surface area contributed by atoms with E-state index in [9.17, 15) is 4.79 Å². The molecule has 4 unspecified atom stereocenters. The van der Waals surface area contributed by atoms with Gasteiger partial charge in [0.2, 0.25) is 5.91 Å². The molecule has 2 aliphatic heterocycles. The molecule has 2 aliphatic carbocycles. The van der Waals surface area contributed by atoms with E-state index in [1.165, 1.54) is 18.4 Å². The van der Waals surface area contributed by atoms with Crippen molar-refractivity contribution in [1.29, 1.82) is 0 Å². The van der Waals surface area contributed by atoms with Gasteiger partial charge in [-0.25, -0.2) is 0 Å². The van der Waals surface area contributed by atoms with Gasteiger partial charge in [0.25, 0.3) is 0 Å². The first-order chi connectivity index (χ1) is 15.2. The predicted molar refractivity (Wildman–Crippen MR) is 119 cm³/mol. The zero-order valence-corrected chi connectivity index (χ0v) is 17.7. The van der Waals surface area contributed by atoms with Crippen molar-refractivity contribution in [3.63, 3.8) is 0 Å². The number of hydrazine groups is 1. The Hall–Kier alpha value is -2.70. The Morgan fingerprint density at radius 2 is 2.03 bits per heavy atom. The standard InChI is InChI=1S/C25H28N4O2/c1-31-17-4-7-22-19(13-17)25(24(30)27-22)14-20(25)16-3-5-18-21(28-29-23(18)12-16)6-2-15-8-10-26-11-9-15/h2,4,6-11,13,16,18,20-21,23,28-29H,3,5,12,14H2,1H3,(H,27,30)/b6-2+/t16?,18?,20-,21?,23?,25-/m0/s1. The Kier molecular flexibility index (Phi) is 4.40. The number of nitrogens with one attached hydrogen (secondary N) is 3. The van der Waals surface area contributed by atoms with Gasteiger partial charge in [0.05, 0.1) is 12.5 Å². The van der Waals surface area contributed by atoms with Crippen LogP contribution in [0.25, 0.3) is 6.08 Å². The SMILES string of the molecule is COc1ccc2c(c1)[C@]1(C[C@H]1C1CCC3C(/C=C/c4ccncc4)NNC3C1)C(=O)N2. The van der Waals surface area contributed by atoms with Crippen molar-refractivity contribution in [2.45, 2.75) is 43.2 Å². The van der Waals surface area contributed by atoms with Gasteiger partial charge in [-0.15, -0.1) is 0 Å². The van der Waals surface area contributed by atoms with Crippen LogP contribution in [-0.4, -0.2) is 30.1 Å². The van der Waals surface area contributed by atoms with Crippen LogP contribution in [0.1, 0.15) is 36.8 Å². The number of carbonyl (C=O) groups excluding carboxylic acids is 1. The fourth-order valence-electron chi connectivity index (χ4n) is 6.29. The van der Waals surface area contributed by atoms with Gasteiger partial charge in [-0.05, 0) is 84.9 Å². The highest BCUT2D eigenvalue weighted by atomic mass is 16.5. The maximum absolute atomic E-state index is 13.0. The van der Waals surface area contributed by atoms with Gasteiger partial charge < -0.3 is 10.1 Å². The molecule has 2 aromatic rings. The van der Waals surface area contributed by atoms with Gasteiger partial charge in [0.1, 0.15) is 5.75 Å². The molecular weight excluding hydrogens is 388 g/mol. The molecule has 3 fully saturated rings. The second-order valence-electron chi connectivity index (χ2n) is 9.45. The van der Waals surface area contributed by atoms with E-state index in [2.05, 4.69) is 39.4 Å². The van der Waals surface area contributed by atoms with Crippen molar-refractivity contribution in [2.24, 2.45) is 17.8 Å². The first kappa shape index (κ1) is 19.0. The van der Waals surface area contributed by atoms with Crippen LogP contribution in [-0.2, 0) is 10.2 Å². The van der Waals surface area contributed by atoms with Gasteiger partial charge in [0.15, 0.2) is 0 Å². The van der Waals surface area contributed by atoms with Crippen molar-refractivity contribution >= 4 is 17.7 Å². The number of rotatable bonds is 4. The average Bonchev–Trinajstić information content (AvgIpc) is 3.35. The summed E-state index contributed by atoms with van der Waals surface area (Å²) in [4.78, 5) is 17.1. The number of hydrogen-bond donors (Lipinski definition) is 3. The summed E-state index contributed by atoms with van der Waals surface area (Å²) < 4.78 is 5.43. The minimum atomic E-state index is -0.339. The fraction of sp³-hybridized carbons (Fsp3) is 0.440. The van der Waals surface area contributed by atoms with Crippen LogP contribution in [0.5, 0.6) is 5.75 Å². The topological polar surface area (TPSA) is 75.3 Å².